The number of aryl methyl sites for hydroxylation is 1. The third-order valence-electron chi connectivity index (χ3n) is 2.66. The van der Waals surface area contributed by atoms with E-state index in [2.05, 4.69) is 19.2 Å². The summed E-state index contributed by atoms with van der Waals surface area (Å²) in [6.45, 7) is 6.68. The molecule has 1 atom stereocenters. The van der Waals surface area contributed by atoms with Crippen molar-refractivity contribution >= 4 is 5.69 Å². The summed E-state index contributed by atoms with van der Waals surface area (Å²) in [5.41, 5.74) is 1.60. The highest BCUT2D eigenvalue weighted by Crippen LogP contribution is 2.16. The number of rotatable bonds is 5. The quantitative estimate of drug-likeness (QED) is 0.830. The zero-order chi connectivity index (χ0) is 12.1. The van der Waals surface area contributed by atoms with Gasteiger partial charge < -0.3 is 10.1 Å². The zero-order valence-electron chi connectivity index (χ0n) is 10.4. The van der Waals surface area contributed by atoms with Gasteiger partial charge in [0.25, 0.3) is 0 Å². The molecule has 0 spiro atoms. The molecule has 0 aliphatic heterocycles. The van der Waals surface area contributed by atoms with E-state index in [4.69, 9.17) is 4.74 Å². The molecule has 1 rings (SSSR count). The topological polar surface area (TPSA) is 21.3 Å². The summed E-state index contributed by atoms with van der Waals surface area (Å²) in [5, 5.41) is 3.36. The summed E-state index contributed by atoms with van der Waals surface area (Å²) < 4.78 is 18.2. The van der Waals surface area contributed by atoms with Gasteiger partial charge in [-0.1, -0.05) is 13.8 Å². The van der Waals surface area contributed by atoms with Gasteiger partial charge >= 0.3 is 0 Å². The van der Waals surface area contributed by atoms with Gasteiger partial charge in [0.1, 0.15) is 5.82 Å². The maximum atomic E-state index is 13.1. The Morgan fingerprint density at radius 3 is 2.56 bits per heavy atom. The first kappa shape index (κ1) is 13.0. The first-order valence-corrected chi connectivity index (χ1v) is 5.56. The van der Waals surface area contributed by atoms with Crippen molar-refractivity contribution < 1.29 is 9.13 Å². The molecule has 0 saturated heterocycles. The minimum atomic E-state index is -0.168. The summed E-state index contributed by atoms with van der Waals surface area (Å²) in [7, 11) is 1.69. The zero-order valence-corrected chi connectivity index (χ0v) is 10.4. The number of anilines is 1. The van der Waals surface area contributed by atoms with Crippen LogP contribution in [0, 0.1) is 18.7 Å². The Balaban J connectivity index is 2.73. The van der Waals surface area contributed by atoms with E-state index in [0.717, 1.165) is 5.69 Å². The molecule has 90 valence electrons. The summed E-state index contributed by atoms with van der Waals surface area (Å²) in [6, 6.07) is 5.31. The van der Waals surface area contributed by atoms with Crippen LogP contribution < -0.4 is 5.32 Å². The lowest BCUT2D eigenvalue weighted by Crippen LogP contribution is -2.30. The molecule has 3 heteroatoms. The molecule has 1 aromatic carbocycles. The van der Waals surface area contributed by atoms with Gasteiger partial charge in [0.2, 0.25) is 0 Å². The highest BCUT2D eigenvalue weighted by Gasteiger charge is 2.13. The molecular formula is C13H20FNO. The standard InChI is InChI=1S/C13H20FNO/c1-9(2)13(8-16-4)15-11-5-6-12(14)10(3)7-11/h5-7,9,13,15H,8H2,1-4H3. The van der Waals surface area contributed by atoms with Crippen LogP contribution in [0.5, 0.6) is 0 Å². The molecule has 1 N–H and O–H groups in total. The van der Waals surface area contributed by atoms with Crippen LogP contribution in [-0.4, -0.2) is 19.8 Å². The Hall–Kier alpha value is -1.09. The van der Waals surface area contributed by atoms with Crippen LogP contribution in [0.4, 0.5) is 10.1 Å². The van der Waals surface area contributed by atoms with Crippen molar-refractivity contribution in [3.63, 3.8) is 0 Å². The fourth-order valence-electron chi connectivity index (χ4n) is 1.53. The number of benzene rings is 1. The van der Waals surface area contributed by atoms with Crippen LogP contribution >= 0.6 is 0 Å². The van der Waals surface area contributed by atoms with E-state index in [0.29, 0.717) is 18.1 Å². The SMILES string of the molecule is COCC(Nc1ccc(F)c(C)c1)C(C)C. The normalized spacial score (nSPS) is 12.9. The molecule has 0 fully saturated rings. The van der Waals surface area contributed by atoms with E-state index >= 15 is 0 Å². The molecule has 0 saturated carbocycles. The number of hydrogen-bond acceptors (Lipinski definition) is 2. The Labute approximate surface area is 96.8 Å². The van der Waals surface area contributed by atoms with E-state index in [1.165, 1.54) is 6.07 Å². The molecule has 0 aromatic heterocycles. The van der Waals surface area contributed by atoms with Gasteiger partial charge in [0, 0.05) is 12.8 Å². The van der Waals surface area contributed by atoms with Crippen molar-refractivity contribution in [3.8, 4) is 0 Å². The van der Waals surface area contributed by atoms with Crippen LogP contribution in [0.3, 0.4) is 0 Å². The van der Waals surface area contributed by atoms with Crippen LogP contribution in [0.25, 0.3) is 0 Å². The third-order valence-corrected chi connectivity index (χ3v) is 2.66. The van der Waals surface area contributed by atoms with Crippen molar-refractivity contribution in [1.82, 2.24) is 0 Å². The monoisotopic (exact) mass is 225 g/mol. The largest absolute Gasteiger partial charge is 0.383 e. The molecule has 1 unspecified atom stereocenters. The van der Waals surface area contributed by atoms with E-state index < -0.39 is 0 Å². The number of halogens is 1. The van der Waals surface area contributed by atoms with E-state index in [9.17, 15) is 4.39 Å². The molecule has 0 aliphatic rings. The molecule has 1 aromatic rings. The Morgan fingerprint density at radius 1 is 1.38 bits per heavy atom. The number of ether oxygens (including phenoxy) is 1. The van der Waals surface area contributed by atoms with Crippen molar-refractivity contribution in [3.05, 3.63) is 29.6 Å². The van der Waals surface area contributed by atoms with Crippen molar-refractivity contribution in [2.45, 2.75) is 26.8 Å². The van der Waals surface area contributed by atoms with Crippen molar-refractivity contribution in [1.29, 1.82) is 0 Å². The van der Waals surface area contributed by atoms with E-state index in [1.54, 1.807) is 20.1 Å². The summed E-state index contributed by atoms with van der Waals surface area (Å²) in [5.74, 6) is 0.295. The van der Waals surface area contributed by atoms with Crippen LogP contribution in [0.1, 0.15) is 19.4 Å². The fourth-order valence-corrected chi connectivity index (χ4v) is 1.53. The molecule has 0 heterocycles. The maximum absolute atomic E-state index is 13.1. The molecule has 0 radical (unpaired) electrons. The van der Waals surface area contributed by atoms with Crippen molar-refractivity contribution in [2.24, 2.45) is 5.92 Å². The van der Waals surface area contributed by atoms with Gasteiger partial charge in [0.05, 0.1) is 12.6 Å². The second-order valence-electron chi connectivity index (χ2n) is 4.41. The number of hydrogen-bond donors (Lipinski definition) is 1. The Bertz CT molecular complexity index is 339. The van der Waals surface area contributed by atoms with Gasteiger partial charge in [-0.2, -0.15) is 0 Å². The second kappa shape index (κ2) is 5.85. The van der Waals surface area contributed by atoms with Gasteiger partial charge in [-0.05, 0) is 36.6 Å². The smallest absolute Gasteiger partial charge is 0.126 e. The predicted molar refractivity (Wildman–Crippen MR) is 65.3 cm³/mol. The summed E-state index contributed by atoms with van der Waals surface area (Å²) >= 11 is 0. The lowest BCUT2D eigenvalue weighted by atomic mass is 10.0. The molecule has 2 nitrogen and oxygen atoms in total. The van der Waals surface area contributed by atoms with Crippen LogP contribution in [0.15, 0.2) is 18.2 Å². The lowest BCUT2D eigenvalue weighted by molar-refractivity contribution is 0.171. The van der Waals surface area contributed by atoms with Crippen LogP contribution in [-0.2, 0) is 4.74 Å². The Morgan fingerprint density at radius 2 is 2.06 bits per heavy atom. The molecule has 0 bridgehead atoms. The first-order valence-electron chi connectivity index (χ1n) is 5.56. The van der Waals surface area contributed by atoms with E-state index in [1.807, 2.05) is 6.07 Å². The number of nitrogens with one attached hydrogen (secondary N) is 1. The average molecular weight is 225 g/mol. The Kier molecular flexibility index (Phi) is 4.74. The highest BCUT2D eigenvalue weighted by atomic mass is 19.1. The minimum Gasteiger partial charge on any atom is -0.383 e. The van der Waals surface area contributed by atoms with Crippen LogP contribution in [0.2, 0.25) is 0 Å². The first-order chi connectivity index (χ1) is 7.54. The molecule has 16 heavy (non-hydrogen) atoms. The molecule has 0 amide bonds. The van der Waals surface area contributed by atoms with Gasteiger partial charge in [-0.25, -0.2) is 4.39 Å². The molecular weight excluding hydrogens is 205 g/mol. The third kappa shape index (κ3) is 3.49. The fraction of sp³-hybridized carbons (Fsp3) is 0.538. The molecule has 0 aliphatic carbocycles. The van der Waals surface area contributed by atoms with Gasteiger partial charge in [-0.3, -0.25) is 0 Å². The van der Waals surface area contributed by atoms with Crippen molar-refractivity contribution in [2.75, 3.05) is 19.0 Å². The predicted octanol–water partition coefficient (Wildman–Crippen LogP) is 3.22. The van der Waals surface area contributed by atoms with Gasteiger partial charge in [0.15, 0.2) is 0 Å². The lowest BCUT2D eigenvalue weighted by Gasteiger charge is -2.23. The van der Waals surface area contributed by atoms with Gasteiger partial charge in [-0.15, -0.1) is 0 Å². The maximum Gasteiger partial charge on any atom is 0.126 e. The average Bonchev–Trinajstić information content (AvgIpc) is 2.22. The highest BCUT2D eigenvalue weighted by molar-refractivity contribution is 5.46. The second-order valence-corrected chi connectivity index (χ2v) is 4.41. The van der Waals surface area contributed by atoms with E-state index in [-0.39, 0.29) is 11.9 Å². The minimum absolute atomic E-state index is 0.168. The summed E-state index contributed by atoms with van der Waals surface area (Å²) in [4.78, 5) is 0. The number of methoxy groups -OCH3 is 1. The summed E-state index contributed by atoms with van der Waals surface area (Å²) in [6.07, 6.45) is 0.